The van der Waals surface area contributed by atoms with Crippen LogP contribution in [0.2, 0.25) is 0 Å². The second kappa shape index (κ2) is 10.6. The zero-order valence-electron chi connectivity index (χ0n) is 16.0. The molecule has 1 heterocycles. The van der Waals surface area contributed by atoms with Gasteiger partial charge in [-0.15, -0.1) is 0 Å². The van der Waals surface area contributed by atoms with Gasteiger partial charge < -0.3 is 10.4 Å². The topological polar surface area (TPSA) is 117 Å². The molecule has 0 unspecified atom stereocenters. The van der Waals surface area contributed by atoms with Crippen LogP contribution in [0.25, 0.3) is 0 Å². The van der Waals surface area contributed by atoms with Gasteiger partial charge in [-0.1, -0.05) is 37.2 Å². The summed E-state index contributed by atoms with van der Waals surface area (Å²) >= 11 is 1.00. The van der Waals surface area contributed by atoms with E-state index in [1.54, 1.807) is 0 Å². The first-order valence-corrected chi connectivity index (χ1v) is 11.6. The van der Waals surface area contributed by atoms with Gasteiger partial charge in [-0.25, -0.2) is 17.2 Å². The number of hydrogen-bond acceptors (Lipinski definition) is 8. The summed E-state index contributed by atoms with van der Waals surface area (Å²) in [5.74, 6) is -2.17. The molecule has 12 heteroatoms. The summed E-state index contributed by atoms with van der Waals surface area (Å²) in [7, 11) is -3.63. The molecule has 1 aromatic heterocycles. The quantitative estimate of drug-likeness (QED) is 0.450. The van der Waals surface area contributed by atoms with Crippen molar-refractivity contribution in [1.29, 1.82) is 0 Å². The zero-order chi connectivity index (χ0) is 21.4. The number of halogens is 2. The molecule has 3 N–H and O–H groups in total. The number of hydrogen-bond donors (Lipinski definition) is 3. The molecule has 0 amide bonds. The van der Waals surface area contributed by atoms with Gasteiger partial charge >= 0.3 is 0 Å². The molecule has 2 aromatic rings. The molecule has 2 rings (SSSR count). The lowest BCUT2D eigenvalue weighted by atomic mass is 10.2. The third-order valence-electron chi connectivity index (χ3n) is 3.82. The van der Waals surface area contributed by atoms with Crippen LogP contribution in [0.1, 0.15) is 32.3 Å². The number of aromatic nitrogens is 3. The number of rotatable bonds is 11. The van der Waals surface area contributed by atoms with Gasteiger partial charge in [-0.3, -0.25) is 4.72 Å². The van der Waals surface area contributed by atoms with Crippen molar-refractivity contribution >= 4 is 33.7 Å². The number of thioether (sulfide) groups is 1. The van der Waals surface area contributed by atoms with Crippen molar-refractivity contribution in [2.45, 2.75) is 43.6 Å². The van der Waals surface area contributed by atoms with Gasteiger partial charge in [0.1, 0.15) is 0 Å². The number of aliphatic hydroxyl groups excluding tert-OH is 1. The first kappa shape index (κ1) is 23.2. The van der Waals surface area contributed by atoms with E-state index in [-0.39, 0.29) is 46.8 Å². The number of sulfonamides is 1. The van der Waals surface area contributed by atoms with E-state index in [0.717, 1.165) is 24.2 Å². The van der Waals surface area contributed by atoms with Crippen LogP contribution in [0.5, 0.6) is 0 Å². The van der Waals surface area contributed by atoms with E-state index in [1.165, 1.54) is 19.1 Å². The van der Waals surface area contributed by atoms with E-state index in [9.17, 15) is 22.3 Å². The monoisotopic (exact) mass is 447 g/mol. The van der Waals surface area contributed by atoms with Gasteiger partial charge in [-0.05, 0) is 19.4 Å². The lowest BCUT2D eigenvalue weighted by molar-refractivity contribution is 0.268. The molecule has 0 saturated carbocycles. The molecule has 0 aliphatic carbocycles. The smallest absolute Gasteiger partial charge is 0.242 e. The minimum absolute atomic E-state index is 0.0331. The number of benzene rings is 1. The third kappa shape index (κ3) is 7.05. The van der Waals surface area contributed by atoms with Gasteiger partial charge in [-0.2, -0.15) is 15.0 Å². The van der Waals surface area contributed by atoms with Crippen molar-refractivity contribution < 1.29 is 22.3 Å². The molecular formula is C17H23F2N5O3S2. The second-order valence-electron chi connectivity index (χ2n) is 6.08. The molecular weight excluding hydrogens is 424 g/mol. The van der Waals surface area contributed by atoms with Gasteiger partial charge in [0.2, 0.25) is 21.9 Å². The maximum atomic E-state index is 13.9. The van der Waals surface area contributed by atoms with Crippen molar-refractivity contribution in [2.75, 3.05) is 22.4 Å². The fraction of sp³-hybridized carbons (Fsp3) is 0.471. The number of nitrogens with zero attached hydrogens (tertiary/aromatic N) is 3. The maximum absolute atomic E-state index is 13.9. The molecule has 0 bridgehead atoms. The Labute approximate surface area is 172 Å². The molecule has 1 atom stereocenters. The fourth-order valence-corrected chi connectivity index (χ4v) is 3.61. The summed E-state index contributed by atoms with van der Waals surface area (Å²) in [4.78, 5) is 12.3. The normalized spacial score (nSPS) is 12.6. The molecule has 1 aromatic carbocycles. The van der Waals surface area contributed by atoms with Crippen LogP contribution in [-0.4, -0.2) is 46.9 Å². The molecule has 29 heavy (non-hydrogen) atoms. The molecule has 0 radical (unpaired) electrons. The van der Waals surface area contributed by atoms with Crippen molar-refractivity contribution in [3.63, 3.8) is 0 Å². The molecule has 160 valence electrons. The molecule has 0 aliphatic rings. The van der Waals surface area contributed by atoms with E-state index in [4.69, 9.17) is 0 Å². The van der Waals surface area contributed by atoms with E-state index >= 15 is 0 Å². The summed E-state index contributed by atoms with van der Waals surface area (Å²) in [6, 6.07) is 3.53. The average molecular weight is 448 g/mol. The van der Waals surface area contributed by atoms with Gasteiger partial charge in [0, 0.05) is 11.3 Å². The SMILES string of the molecule is CCC[C@H](CO)Nc1nc(NS(=O)(=O)CC)nc(SCc2cccc(F)c2F)n1. The summed E-state index contributed by atoms with van der Waals surface area (Å²) in [5.41, 5.74) is 0.125. The predicted molar refractivity (Wildman–Crippen MR) is 108 cm³/mol. The highest BCUT2D eigenvalue weighted by Gasteiger charge is 2.16. The largest absolute Gasteiger partial charge is 0.394 e. The van der Waals surface area contributed by atoms with Crippen LogP contribution >= 0.6 is 11.8 Å². The molecule has 0 aliphatic heterocycles. The minimum Gasteiger partial charge on any atom is -0.394 e. The summed E-state index contributed by atoms with van der Waals surface area (Å²) < 4.78 is 53.2. The Bertz CT molecular complexity index is 931. The Morgan fingerprint density at radius 1 is 1.17 bits per heavy atom. The zero-order valence-corrected chi connectivity index (χ0v) is 17.7. The maximum Gasteiger partial charge on any atom is 0.242 e. The predicted octanol–water partition coefficient (Wildman–Crippen LogP) is 2.78. The lowest BCUT2D eigenvalue weighted by Gasteiger charge is -2.16. The average Bonchev–Trinajstić information content (AvgIpc) is 2.68. The van der Waals surface area contributed by atoms with Crippen LogP contribution in [0, 0.1) is 11.6 Å². The van der Waals surface area contributed by atoms with Crippen LogP contribution in [-0.2, 0) is 15.8 Å². The van der Waals surface area contributed by atoms with Crippen molar-refractivity contribution in [2.24, 2.45) is 0 Å². The van der Waals surface area contributed by atoms with Crippen LogP contribution in [0.15, 0.2) is 23.4 Å². The molecule has 8 nitrogen and oxygen atoms in total. The standard InChI is InChI=1S/C17H23F2N5O3S2/c1-3-6-12(9-25)20-15-21-16(24-29(26,27)4-2)23-17(22-15)28-10-11-7-5-8-13(18)14(11)19/h5,7-8,12,25H,3-4,6,9-10H2,1-2H3,(H2,20,21,22,23,24)/t12-/m1/s1. The van der Waals surface area contributed by atoms with Crippen LogP contribution in [0.3, 0.4) is 0 Å². The Morgan fingerprint density at radius 2 is 1.90 bits per heavy atom. The number of aliphatic hydroxyl groups is 1. The van der Waals surface area contributed by atoms with Crippen molar-refractivity contribution in [3.8, 4) is 0 Å². The fourth-order valence-electron chi connectivity index (χ4n) is 2.28. The Balaban J connectivity index is 2.28. The first-order valence-electron chi connectivity index (χ1n) is 8.97. The van der Waals surface area contributed by atoms with Crippen LogP contribution < -0.4 is 10.0 Å². The molecule has 0 saturated heterocycles. The van der Waals surface area contributed by atoms with E-state index in [1.807, 2.05) is 6.92 Å². The number of nitrogens with one attached hydrogen (secondary N) is 2. The summed E-state index contributed by atoms with van der Waals surface area (Å²) in [6.45, 7) is 3.26. The Morgan fingerprint density at radius 3 is 2.55 bits per heavy atom. The van der Waals surface area contributed by atoms with E-state index < -0.39 is 21.7 Å². The van der Waals surface area contributed by atoms with Crippen molar-refractivity contribution in [1.82, 2.24) is 15.0 Å². The highest BCUT2D eigenvalue weighted by Crippen LogP contribution is 2.24. The van der Waals surface area contributed by atoms with Crippen LogP contribution in [0.4, 0.5) is 20.7 Å². The lowest BCUT2D eigenvalue weighted by Crippen LogP contribution is -2.25. The molecule has 0 fully saturated rings. The Hall–Kier alpha value is -2.05. The third-order valence-corrected chi connectivity index (χ3v) is 5.97. The Kier molecular flexibility index (Phi) is 8.53. The molecule has 0 spiro atoms. The second-order valence-corrected chi connectivity index (χ2v) is 9.04. The highest BCUT2D eigenvalue weighted by atomic mass is 32.2. The van der Waals surface area contributed by atoms with Gasteiger partial charge in [0.05, 0.1) is 18.4 Å². The highest BCUT2D eigenvalue weighted by molar-refractivity contribution is 7.98. The summed E-state index contributed by atoms with van der Waals surface area (Å²) in [5, 5.41) is 12.5. The summed E-state index contributed by atoms with van der Waals surface area (Å²) in [6.07, 6.45) is 1.45. The minimum atomic E-state index is -3.63. The van der Waals surface area contributed by atoms with E-state index in [2.05, 4.69) is 25.0 Å². The first-order chi connectivity index (χ1) is 13.8. The van der Waals surface area contributed by atoms with Gasteiger partial charge in [0.15, 0.2) is 16.8 Å². The number of anilines is 2. The van der Waals surface area contributed by atoms with E-state index in [0.29, 0.717) is 6.42 Å². The van der Waals surface area contributed by atoms with Gasteiger partial charge in [0.25, 0.3) is 0 Å². The van der Waals surface area contributed by atoms with Crippen molar-refractivity contribution in [3.05, 3.63) is 35.4 Å².